The summed E-state index contributed by atoms with van der Waals surface area (Å²) in [7, 11) is 0. The molecule has 1 aromatic rings. The maximum Gasteiger partial charge on any atom is 0.271 e. The Labute approximate surface area is 101 Å². The first-order valence-electron chi connectivity index (χ1n) is 5.80. The zero-order valence-corrected chi connectivity index (χ0v) is 10.3. The molecule has 1 atom stereocenters. The smallest absolute Gasteiger partial charge is 0.271 e. The minimum Gasteiger partial charge on any atom is -0.381 e. The van der Waals surface area contributed by atoms with Crippen molar-refractivity contribution < 1.29 is 4.92 Å². The zero-order chi connectivity index (χ0) is 12.8. The molecule has 0 aromatic heterocycles. The molecule has 0 aliphatic carbocycles. The van der Waals surface area contributed by atoms with Crippen molar-refractivity contribution >= 4 is 11.4 Å². The third-order valence-electron chi connectivity index (χ3n) is 2.71. The first-order valence-corrected chi connectivity index (χ1v) is 5.80. The number of nitrogens with one attached hydrogen (secondary N) is 1. The molecule has 17 heavy (non-hydrogen) atoms. The normalized spacial score (nSPS) is 12.2. The highest BCUT2D eigenvalue weighted by molar-refractivity contribution is 5.57. The third kappa shape index (κ3) is 3.71. The Bertz CT molecular complexity index is 393. The largest absolute Gasteiger partial charge is 0.381 e. The van der Waals surface area contributed by atoms with Crippen LogP contribution in [0, 0.1) is 17.0 Å². The summed E-state index contributed by atoms with van der Waals surface area (Å²) in [6.07, 6.45) is 1.99. The van der Waals surface area contributed by atoms with Crippen molar-refractivity contribution in [1.29, 1.82) is 0 Å². The molecular weight excluding hydrogens is 218 g/mol. The van der Waals surface area contributed by atoms with E-state index in [1.807, 2.05) is 6.92 Å². The van der Waals surface area contributed by atoms with Crippen LogP contribution < -0.4 is 11.1 Å². The van der Waals surface area contributed by atoms with Crippen molar-refractivity contribution in [2.45, 2.75) is 32.7 Å². The Morgan fingerprint density at radius 1 is 1.53 bits per heavy atom. The lowest BCUT2D eigenvalue weighted by Gasteiger charge is -2.18. The molecule has 94 valence electrons. The molecule has 1 rings (SSSR count). The summed E-state index contributed by atoms with van der Waals surface area (Å²) in [6, 6.07) is 4.99. The van der Waals surface area contributed by atoms with E-state index in [4.69, 9.17) is 5.73 Å². The first kappa shape index (κ1) is 13.4. The quantitative estimate of drug-likeness (QED) is 0.588. The van der Waals surface area contributed by atoms with Crippen LogP contribution in [0.4, 0.5) is 11.4 Å². The zero-order valence-electron chi connectivity index (χ0n) is 10.3. The Balaban J connectivity index is 2.88. The number of nitro groups is 1. The van der Waals surface area contributed by atoms with Gasteiger partial charge in [-0.1, -0.05) is 19.4 Å². The standard InChI is InChI=1S/C12H19N3O2/c1-3-4-10(8-13)14-12-7-11(15(16)17)6-5-9(12)2/h5-7,10,14H,3-4,8,13H2,1-2H3. The fourth-order valence-corrected chi connectivity index (χ4v) is 1.70. The van der Waals surface area contributed by atoms with Gasteiger partial charge in [0.25, 0.3) is 5.69 Å². The highest BCUT2D eigenvalue weighted by Crippen LogP contribution is 2.22. The maximum atomic E-state index is 10.7. The summed E-state index contributed by atoms with van der Waals surface area (Å²) in [4.78, 5) is 10.3. The number of nitrogens with zero attached hydrogens (tertiary/aromatic N) is 1. The lowest BCUT2D eigenvalue weighted by molar-refractivity contribution is -0.384. The van der Waals surface area contributed by atoms with Gasteiger partial charge in [-0.3, -0.25) is 10.1 Å². The number of aryl methyl sites for hydroxylation is 1. The highest BCUT2D eigenvalue weighted by Gasteiger charge is 2.11. The van der Waals surface area contributed by atoms with Gasteiger partial charge in [0, 0.05) is 30.4 Å². The summed E-state index contributed by atoms with van der Waals surface area (Å²) in [5.41, 5.74) is 7.55. The molecule has 3 N–H and O–H groups in total. The molecule has 5 nitrogen and oxygen atoms in total. The van der Waals surface area contributed by atoms with Crippen molar-refractivity contribution in [3.8, 4) is 0 Å². The second-order valence-corrected chi connectivity index (χ2v) is 4.12. The van der Waals surface area contributed by atoms with E-state index in [0.29, 0.717) is 6.54 Å². The van der Waals surface area contributed by atoms with Gasteiger partial charge >= 0.3 is 0 Å². The second kappa shape index (κ2) is 6.20. The summed E-state index contributed by atoms with van der Waals surface area (Å²) in [6.45, 7) is 4.53. The molecule has 5 heteroatoms. The number of nitro benzene ring substituents is 1. The summed E-state index contributed by atoms with van der Waals surface area (Å²) >= 11 is 0. The molecule has 1 unspecified atom stereocenters. The third-order valence-corrected chi connectivity index (χ3v) is 2.71. The fourth-order valence-electron chi connectivity index (χ4n) is 1.70. The van der Waals surface area contributed by atoms with Crippen LogP contribution in [0.5, 0.6) is 0 Å². The number of nitrogens with two attached hydrogens (primary N) is 1. The van der Waals surface area contributed by atoms with Gasteiger partial charge in [-0.15, -0.1) is 0 Å². The van der Waals surface area contributed by atoms with Crippen molar-refractivity contribution in [3.63, 3.8) is 0 Å². The van der Waals surface area contributed by atoms with E-state index >= 15 is 0 Å². The lowest BCUT2D eigenvalue weighted by Crippen LogP contribution is -2.28. The van der Waals surface area contributed by atoms with Gasteiger partial charge in [-0.2, -0.15) is 0 Å². The topological polar surface area (TPSA) is 81.2 Å². The number of hydrogen-bond donors (Lipinski definition) is 2. The molecule has 1 aromatic carbocycles. The van der Waals surface area contributed by atoms with Crippen molar-refractivity contribution in [3.05, 3.63) is 33.9 Å². The average molecular weight is 237 g/mol. The van der Waals surface area contributed by atoms with E-state index < -0.39 is 0 Å². The van der Waals surface area contributed by atoms with Gasteiger partial charge in [0.05, 0.1) is 4.92 Å². The minimum atomic E-state index is -0.387. The predicted molar refractivity (Wildman–Crippen MR) is 69.2 cm³/mol. The summed E-state index contributed by atoms with van der Waals surface area (Å²) in [5.74, 6) is 0. The fraction of sp³-hybridized carbons (Fsp3) is 0.500. The van der Waals surface area contributed by atoms with E-state index in [9.17, 15) is 10.1 Å². The molecular formula is C12H19N3O2. The maximum absolute atomic E-state index is 10.7. The first-order chi connectivity index (χ1) is 8.08. The van der Waals surface area contributed by atoms with Crippen molar-refractivity contribution in [2.75, 3.05) is 11.9 Å². The number of anilines is 1. The molecule has 0 aliphatic rings. The van der Waals surface area contributed by atoms with Crippen LogP contribution in [0.1, 0.15) is 25.3 Å². The molecule has 0 radical (unpaired) electrons. The van der Waals surface area contributed by atoms with Gasteiger partial charge in [-0.25, -0.2) is 0 Å². The number of rotatable bonds is 6. The Morgan fingerprint density at radius 3 is 2.76 bits per heavy atom. The van der Waals surface area contributed by atoms with Crippen LogP contribution in [0.2, 0.25) is 0 Å². The molecule has 0 spiro atoms. The van der Waals surface area contributed by atoms with E-state index in [1.165, 1.54) is 6.07 Å². The van der Waals surface area contributed by atoms with Crippen LogP contribution in [0.15, 0.2) is 18.2 Å². The average Bonchev–Trinajstić information content (AvgIpc) is 2.30. The summed E-state index contributed by atoms with van der Waals surface area (Å²) in [5, 5.41) is 14.0. The van der Waals surface area contributed by atoms with E-state index in [2.05, 4.69) is 12.2 Å². The monoisotopic (exact) mass is 237 g/mol. The highest BCUT2D eigenvalue weighted by atomic mass is 16.6. The summed E-state index contributed by atoms with van der Waals surface area (Å²) < 4.78 is 0. The number of hydrogen-bond acceptors (Lipinski definition) is 4. The molecule has 0 aliphatic heterocycles. The van der Waals surface area contributed by atoms with Crippen LogP contribution in [0.25, 0.3) is 0 Å². The minimum absolute atomic E-state index is 0.102. The van der Waals surface area contributed by atoms with Crippen molar-refractivity contribution in [2.24, 2.45) is 5.73 Å². The van der Waals surface area contributed by atoms with Gasteiger partial charge in [0.2, 0.25) is 0 Å². The van der Waals surface area contributed by atoms with Crippen molar-refractivity contribution in [1.82, 2.24) is 0 Å². The van der Waals surface area contributed by atoms with E-state index in [0.717, 1.165) is 24.1 Å². The van der Waals surface area contributed by atoms with Gasteiger partial charge in [0.1, 0.15) is 0 Å². The Kier molecular flexibility index (Phi) is 4.90. The van der Waals surface area contributed by atoms with Crippen LogP contribution in [-0.4, -0.2) is 17.5 Å². The molecule has 0 fully saturated rings. The van der Waals surface area contributed by atoms with E-state index in [-0.39, 0.29) is 16.7 Å². The van der Waals surface area contributed by atoms with Crippen LogP contribution in [-0.2, 0) is 0 Å². The molecule has 0 amide bonds. The lowest BCUT2D eigenvalue weighted by atomic mass is 10.1. The molecule has 0 bridgehead atoms. The molecule has 0 heterocycles. The van der Waals surface area contributed by atoms with Crippen LogP contribution >= 0.6 is 0 Å². The van der Waals surface area contributed by atoms with Gasteiger partial charge < -0.3 is 11.1 Å². The SMILES string of the molecule is CCCC(CN)Nc1cc([N+](=O)[O-])ccc1C. The molecule has 0 saturated carbocycles. The second-order valence-electron chi connectivity index (χ2n) is 4.12. The Hall–Kier alpha value is -1.62. The Morgan fingerprint density at radius 2 is 2.24 bits per heavy atom. The van der Waals surface area contributed by atoms with Gasteiger partial charge in [0.15, 0.2) is 0 Å². The van der Waals surface area contributed by atoms with Crippen LogP contribution in [0.3, 0.4) is 0 Å². The molecule has 0 saturated heterocycles. The number of benzene rings is 1. The van der Waals surface area contributed by atoms with E-state index in [1.54, 1.807) is 12.1 Å². The predicted octanol–water partition coefficient (Wildman–Crippen LogP) is 2.44. The number of non-ortho nitro benzene ring substituents is 1. The van der Waals surface area contributed by atoms with Gasteiger partial charge in [-0.05, 0) is 18.9 Å².